The lowest BCUT2D eigenvalue weighted by atomic mass is 9.73. The highest BCUT2D eigenvalue weighted by Gasteiger charge is 2.42. The summed E-state index contributed by atoms with van der Waals surface area (Å²) >= 11 is 0. The van der Waals surface area contributed by atoms with Crippen LogP contribution in [0, 0.1) is 15.5 Å². The van der Waals surface area contributed by atoms with Crippen LogP contribution in [-0.4, -0.2) is 29.2 Å². The molecule has 2 aliphatic rings. The Balaban J connectivity index is 0.00000176. The highest BCUT2D eigenvalue weighted by molar-refractivity contribution is 6.06. The standard InChI is InChI=1S/C23H27N3O4.C2H4/c1-5-16(9-8-12-25(29)30)22-21-18(13-23(3,4)14-20(21)28)24-17-10-6-7-11-19(17)26(22)15(2)27;1-2/h5-11,22,24H,12-14H2,1-4H3;1-2H2/b9-8-,16-5+;. The number of nitrogens with zero attached hydrogens (tertiary/aromatic N) is 2. The van der Waals surface area contributed by atoms with E-state index in [0.29, 0.717) is 29.7 Å². The Kier molecular flexibility index (Phi) is 7.92. The highest BCUT2D eigenvalue weighted by atomic mass is 16.6. The van der Waals surface area contributed by atoms with Gasteiger partial charge in [0.15, 0.2) is 5.78 Å². The molecule has 1 N–H and O–H groups in total. The molecule has 1 heterocycles. The Bertz CT molecular complexity index is 1000. The van der Waals surface area contributed by atoms with Crippen molar-refractivity contribution in [3.8, 4) is 0 Å². The third-order valence-electron chi connectivity index (χ3n) is 5.45. The van der Waals surface area contributed by atoms with Gasteiger partial charge in [-0.1, -0.05) is 38.1 Å². The maximum atomic E-state index is 13.3. The van der Waals surface area contributed by atoms with Crippen LogP contribution in [0.25, 0.3) is 0 Å². The monoisotopic (exact) mass is 437 g/mol. The van der Waals surface area contributed by atoms with Crippen LogP contribution in [0.2, 0.25) is 0 Å². The second kappa shape index (κ2) is 10.2. The molecule has 1 aliphatic carbocycles. The molecule has 7 nitrogen and oxygen atoms in total. The highest BCUT2D eigenvalue weighted by Crippen LogP contribution is 2.45. The summed E-state index contributed by atoms with van der Waals surface area (Å²) < 4.78 is 0. The van der Waals surface area contributed by atoms with Crippen LogP contribution in [-0.2, 0) is 9.59 Å². The van der Waals surface area contributed by atoms with E-state index in [0.717, 1.165) is 11.4 Å². The predicted molar refractivity (Wildman–Crippen MR) is 128 cm³/mol. The van der Waals surface area contributed by atoms with Gasteiger partial charge in [0.05, 0.1) is 17.4 Å². The zero-order valence-electron chi connectivity index (χ0n) is 19.2. The molecule has 1 aromatic carbocycles. The van der Waals surface area contributed by atoms with Gasteiger partial charge in [0, 0.05) is 29.5 Å². The van der Waals surface area contributed by atoms with E-state index in [4.69, 9.17) is 0 Å². The minimum absolute atomic E-state index is 0.0140. The van der Waals surface area contributed by atoms with Crippen LogP contribution in [0.1, 0.15) is 40.5 Å². The third kappa shape index (κ3) is 5.22. The Morgan fingerprint density at radius 1 is 1.31 bits per heavy atom. The summed E-state index contributed by atoms with van der Waals surface area (Å²) in [5, 5.41) is 14.2. The SMILES string of the molecule is C/C=C(\C=C/C[N+](=O)[O-])C1C2=C(CC(C)(C)CC2=O)Nc2ccccc2N1C(C)=O.C=C. The minimum atomic E-state index is -0.648. The lowest BCUT2D eigenvalue weighted by Crippen LogP contribution is -2.44. The molecule has 3 rings (SSSR count). The van der Waals surface area contributed by atoms with E-state index in [1.54, 1.807) is 11.0 Å². The first-order valence-electron chi connectivity index (χ1n) is 10.5. The van der Waals surface area contributed by atoms with Crippen molar-refractivity contribution in [1.29, 1.82) is 0 Å². The zero-order valence-corrected chi connectivity index (χ0v) is 19.2. The maximum Gasteiger partial charge on any atom is 0.224 e. The summed E-state index contributed by atoms with van der Waals surface area (Å²) in [5.74, 6) is -0.220. The molecule has 32 heavy (non-hydrogen) atoms. The average molecular weight is 438 g/mol. The number of rotatable bonds is 4. The van der Waals surface area contributed by atoms with Crippen molar-refractivity contribution in [3.05, 3.63) is 82.6 Å². The largest absolute Gasteiger partial charge is 0.357 e. The van der Waals surface area contributed by atoms with Crippen LogP contribution in [0.3, 0.4) is 0 Å². The fourth-order valence-corrected chi connectivity index (χ4v) is 4.27. The van der Waals surface area contributed by atoms with Crippen LogP contribution in [0.4, 0.5) is 11.4 Å². The molecule has 0 aromatic heterocycles. The first kappa shape index (κ1) is 24.8. The van der Waals surface area contributed by atoms with Crippen molar-refractivity contribution in [3.63, 3.8) is 0 Å². The van der Waals surface area contributed by atoms with Gasteiger partial charge in [0.1, 0.15) is 0 Å². The molecule has 0 saturated heterocycles. The Morgan fingerprint density at radius 2 is 1.97 bits per heavy atom. The number of carbonyl (C=O) groups is 2. The molecule has 1 aliphatic heterocycles. The van der Waals surface area contributed by atoms with Crippen molar-refractivity contribution in [2.24, 2.45) is 5.41 Å². The third-order valence-corrected chi connectivity index (χ3v) is 5.45. The van der Waals surface area contributed by atoms with Gasteiger partial charge in [0.2, 0.25) is 12.5 Å². The zero-order chi connectivity index (χ0) is 24.1. The van der Waals surface area contributed by atoms with Gasteiger partial charge in [-0.2, -0.15) is 0 Å². The molecule has 1 unspecified atom stereocenters. The number of allylic oxidation sites excluding steroid dienone is 2. The minimum Gasteiger partial charge on any atom is -0.357 e. The summed E-state index contributed by atoms with van der Waals surface area (Å²) in [6, 6.07) is 6.82. The van der Waals surface area contributed by atoms with Gasteiger partial charge in [-0.25, -0.2) is 0 Å². The first-order valence-corrected chi connectivity index (χ1v) is 10.5. The topological polar surface area (TPSA) is 92.5 Å². The summed E-state index contributed by atoms with van der Waals surface area (Å²) in [6.45, 7) is 13.1. The number of hydrogen-bond acceptors (Lipinski definition) is 5. The maximum absolute atomic E-state index is 13.3. The quantitative estimate of drug-likeness (QED) is 0.308. The molecule has 0 bridgehead atoms. The lowest BCUT2D eigenvalue weighted by Gasteiger charge is -2.37. The fraction of sp³-hybridized carbons (Fsp3) is 0.360. The van der Waals surface area contributed by atoms with Crippen molar-refractivity contribution in [2.45, 2.75) is 46.6 Å². The molecular weight excluding hydrogens is 406 g/mol. The Morgan fingerprint density at radius 3 is 2.56 bits per heavy atom. The molecule has 0 spiro atoms. The van der Waals surface area contributed by atoms with Crippen LogP contribution in [0.15, 0.2) is 72.5 Å². The lowest BCUT2D eigenvalue weighted by molar-refractivity contribution is -0.468. The Hall–Kier alpha value is -3.48. The molecular formula is C25H31N3O4. The fourth-order valence-electron chi connectivity index (χ4n) is 4.27. The summed E-state index contributed by atoms with van der Waals surface area (Å²) in [7, 11) is 0. The number of Topliss-reactive ketones (excluding diaryl/α,β-unsaturated/α-hetero) is 1. The number of benzene rings is 1. The van der Waals surface area contributed by atoms with Crippen molar-refractivity contribution >= 4 is 23.1 Å². The number of anilines is 2. The molecule has 1 aromatic rings. The van der Waals surface area contributed by atoms with E-state index in [2.05, 4.69) is 32.3 Å². The number of amides is 1. The van der Waals surface area contributed by atoms with Gasteiger partial charge < -0.3 is 5.32 Å². The van der Waals surface area contributed by atoms with E-state index in [-0.39, 0.29) is 23.7 Å². The van der Waals surface area contributed by atoms with Gasteiger partial charge in [-0.15, -0.1) is 13.2 Å². The second-order valence-corrected chi connectivity index (χ2v) is 8.47. The first-order chi connectivity index (χ1) is 15.1. The number of carbonyl (C=O) groups excluding carboxylic acids is 2. The van der Waals surface area contributed by atoms with E-state index in [1.807, 2.05) is 37.3 Å². The van der Waals surface area contributed by atoms with Crippen LogP contribution in [0.5, 0.6) is 0 Å². The summed E-state index contributed by atoms with van der Waals surface area (Å²) in [6.07, 6.45) is 5.95. The van der Waals surface area contributed by atoms with Crippen molar-refractivity contribution in [1.82, 2.24) is 0 Å². The van der Waals surface area contributed by atoms with E-state index in [1.165, 1.54) is 13.0 Å². The van der Waals surface area contributed by atoms with E-state index in [9.17, 15) is 19.7 Å². The molecule has 0 fully saturated rings. The van der Waals surface area contributed by atoms with Crippen molar-refractivity contribution in [2.75, 3.05) is 16.8 Å². The van der Waals surface area contributed by atoms with Crippen LogP contribution >= 0.6 is 0 Å². The smallest absolute Gasteiger partial charge is 0.224 e. The second-order valence-electron chi connectivity index (χ2n) is 8.47. The van der Waals surface area contributed by atoms with Gasteiger partial charge in [-0.3, -0.25) is 24.6 Å². The summed E-state index contributed by atoms with van der Waals surface area (Å²) in [4.78, 5) is 38.2. The van der Waals surface area contributed by atoms with Gasteiger partial charge in [0.25, 0.3) is 0 Å². The molecule has 0 saturated carbocycles. The molecule has 1 atom stereocenters. The molecule has 7 heteroatoms. The number of para-hydroxylation sites is 2. The molecule has 170 valence electrons. The molecule has 0 radical (unpaired) electrons. The van der Waals surface area contributed by atoms with Crippen LogP contribution < -0.4 is 10.2 Å². The number of nitro groups is 1. The van der Waals surface area contributed by atoms with Crippen molar-refractivity contribution < 1.29 is 14.5 Å². The number of ketones is 1. The van der Waals surface area contributed by atoms with E-state index >= 15 is 0 Å². The number of nitrogens with one attached hydrogen (secondary N) is 1. The van der Waals surface area contributed by atoms with Gasteiger partial charge in [-0.05, 0) is 42.5 Å². The number of hydrogen-bond donors (Lipinski definition) is 1. The molecule has 1 amide bonds. The Labute approximate surface area is 189 Å². The van der Waals surface area contributed by atoms with E-state index < -0.39 is 11.0 Å². The predicted octanol–water partition coefficient (Wildman–Crippen LogP) is 5.06. The van der Waals surface area contributed by atoms with Gasteiger partial charge >= 0.3 is 0 Å². The summed E-state index contributed by atoms with van der Waals surface area (Å²) in [5.41, 5.74) is 3.27. The number of fused-ring (bicyclic) bond motifs is 1. The normalized spacial score (nSPS) is 19.9. The average Bonchev–Trinajstić information content (AvgIpc) is 2.85.